The third kappa shape index (κ3) is 4.46. The average Bonchev–Trinajstić information content (AvgIpc) is 3.13. The van der Waals surface area contributed by atoms with Crippen molar-refractivity contribution in [3.8, 4) is 5.69 Å². The Morgan fingerprint density at radius 2 is 1.96 bits per heavy atom. The summed E-state index contributed by atoms with van der Waals surface area (Å²) >= 11 is 0. The van der Waals surface area contributed by atoms with Gasteiger partial charge in [0.05, 0.1) is 24.4 Å². The standard InChI is InChI=1S/C19H26N4O2/c1-14-12-22(13-15(2)25-14)19(24)11-20-16(3)17-5-7-18(8-6-17)23-10-4-9-21-23/h4-10,14-16,20H,11-13H2,1-3H3/t14-,15+,16-/m1/s1. The van der Waals surface area contributed by atoms with Crippen LogP contribution in [0.25, 0.3) is 5.69 Å². The van der Waals surface area contributed by atoms with Crippen molar-refractivity contribution < 1.29 is 9.53 Å². The largest absolute Gasteiger partial charge is 0.372 e. The summed E-state index contributed by atoms with van der Waals surface area (Å²) < 4.78 is 7.51. The molecule has 3 rings (SSSR count). The molecule has 1 aliphatic heterocycles. The normalized spacial score (nSPS) is 22.0. The molecular formula is C19H26N4O2. The molecule has 1 aromatic carbocycles. The molecule has 134 valence electrons. The molecule has 6 nitrogen and oxygen atoms in total. The van der Waals surface area contributed by atoms with Crippen molar-refractivity contribution in [3.63, 3.8) is 0 Å². The van der Waals surface area contributed by atoms with Crippen LogP contribution in [-0.2, 0) is 9.53 Å². The molecule has 0 aliphatic carbocycles. The molecule has 6 heteroatoms. The maximum atomic E-state index is 12.4. The maximum Gasteiger partial charge on any atom is 0.236 e. The first kappa shape index (κ1) is 17.6. The van der Waals surface area contributed by atoms with Crippen LogP contribution in [0.15, 0.2) is 42.7 Å². The fraction of sp³-hybridized carbons (Fsp3) is 0.474. The van der Waals surface area contributed by atoms with Crippen LogP contribution < -0.4 is 5.32 Å². The van der Waals surface area contributed by atoms with E-state index in [0.29, 0.717) is 19.6 Å². The van der Waals surface area contributed by atoms with Crippen molar-refractivity contribution in [2.75, 3.05) is 19.6 Å². The first-order valence-electron chi connectivity index (χ1n) is 8.79. The number of hydrogen-bond acceptors (Lipinski definition) is 4. The topological polar surface area (TPSA) is 59.4 Å². The van der Waals surface area contributed by atoms with E-state index in [-0.39, 0.29) is 24.2 Å². The minimum atomic E-state index is 0.0972. The zero-order chi connectivity index (χ0) is 17.8. The zero-order valence-electron chi connectivity index (χ0n) is 15.1. The van der Waals surface area contributed by atoms with Crippen LogP contribution in [0.2, 0.25) is 0 Å². The minimum Gasteiger partial charge on any atom is -0.372 e. The lowest BCUT2D eigenvalue weighted by atomic mass is 10.1. The monoisotopic (exact) mass is 342 g/mol. The third-order valence-electron chi connectivity index (χ3n) is 4.49. The van der Waals surface area contributed by atoms with Crippen molar-refractivity contribution in [1.82, 2.24) is 20.0 Å². The lowest BCUT2D eigenvalue weighted by molar-refractivity contribution is -0.142. The lowest BCUT2D eigenvalue weighted by Crippen LogP contribution is -2.50. The molecule has 3 atom stereocenters. The maximum absolute atomic E-state index is 12.4. The van der Waals surface area contributed by atoms with Crippen molar-refractivity contribution >= 4 is 5.91 Å². The summed E-state index contributed by atoms with van der Waals surface area (Å²) in [5, 5.41) is 7.55. The second kappa shape index (κ2) is 7.80. The molecule has 0 unspecified atom stereocenters. The van der Waals surface area contributed by atoms with E-state index in [1.54, 1.807) is 6.20 Å². The van der Waals surface area contributed by atoms with Gasteiger partial charge in [0.1, 0.15) is 0 Å². The number of ether oxygens (including phenoxy) is 1. The number of aromatic nitrogens is 2. The summed E-state index contributed by atoms with van der Waals surface area (Å²) in [5.41, 5.74) is 2.17. The van der Waals surface area contributed by atoms with E-state index >= 15 is 0 Å². The molecule has 0 bridgehead atoms. The number of carbonyl (C=O) groups excluding carboxylic acids is 1. The molecule has 1 saturated heterocycles. The average molecular weight is 342 g/mol. The molecule has 1 aliphatic rings. The van der Waals surface area contributed by atoms with Gasteiger partial charge in [-0.1, -0.05) is 12.1 Å². The number of rotatable bonds is 5. The van der Waals surface area contributed by atoms with E-state index in [1.807, 2.05) is 47.8 Å². The van der Waals surface area contributed by atoms with Crippen LogP contribution >= 0.6 is 0 Å². The second-order valence-electron chi connectivity index (χ2n) is 6.70. The molecule has 1 aromatic heterocycles. The molecule has 0 saturated carbocycles. The van der Waals surface area contributed by atoms with Crippen molar-refractivity contribution in [1.29, 1.82) is 0 Å². The number of nitrogens with zero attached hydrogens (tertiary/aromatic N) is 3. The summed E-state index contributed by atoms with van der Waals surface area (Å²) in [5.74, 6) is 0.127. The molecule has 2 heterocycles. The molecule has 0 spiro atoms. The highest BCUT2D eigenvalue weighted by Gasteiger charge is 2.25. The Kier molecular flexibility index (Phi) is 5.50. The fourth-order valence-corrected chi connectivity index (χ4v) is 3.19. The molecule has 1 N–H and O–H groups in total. The predicted molar refractivity (Wildman–Crippen MR) is 96.6 cm³/mol. The summed E-state index contributed by atoms with van der Waals surface area (Å²) in [6.45, 7) is 7.75. The Balaban J connectivity index is 1.53. The Morgan fingerprint density at radius 3 is 2.56 bits per heavy atom. The molecule has 0 radical (unpaired) electrons. The third-order valence-corrected chi connectivity index (χ3v) is 4.49. The Hall–Kier alpha value is -2.18. The summed E-state index contributed by atoms with van der Waals surface area (Å²) in [6, 6.07) is 10.2. The van der Waals surface area contributed by atoms with Gasteiger partial charge in [0.2, 0.25) is 5.91 Å². The van der Waals surface area contributed by atoms with Crippen LogP contribution in [0.5, 0.6) is 0 Å². The lowest BCUT2D eigenvalue weighted by Gasteiger charge is -2.35. The number of benzene rings is 1. The first-order chi connectivity index (χ1) is 12.0. The summed E-state index contributed by atoms with van der Waals surface area (Å²) in [7, 11) is 0. The van der Waals surface area contributed by atoms with Gasteiger partial charge in [-0.15, -0.1) is 0 Å². The number of morpholine rings is 1. The number of carbonyl (C=O) groups is 1. The van der Waals surface area contributed by atoms with Gasteiger partial charge in [-0.2, -0.15) is 5.10 Å². The molecule has 2 aromatic rings. The SMILES string of the molecule is C[C@@H]1CN(C(=O)CN[C@H](C)c2ccc(-n3cccn3)cc2)C[C@H](C)O1. The van der Waals surface area contributed by atoms with Crippen LogP contribution in [0.3, 0.4) is 0 Å². The quantitative estimate of drug-likeness (QED) is 0.905. The van der Waals surface area contributed by atoms with Gasteiger partial charge in [-0.05, 0) is 44.5 Å². The van der Waals surface area contributed by atoms with Gasteiger partial charge in [-0.3, -0.25) is 4.79 Å². The summed E-state index contributed by atoms with van der Waals surface area (Å²) in [4.78, 5) is 14.3. The second-order valence-corrected chi connectivity index (χ2v) is 6.70. The van der Waals surface area contributed by atoms with Gasteiger partial charge in [0.15, 0.2) is 0 Å². The van der Waals surface area contributed by atoms with E-state index in [1.165, 1.54) is 0 Å². The Labute approximate surface area is 148 Å². The van der Waals surface area contributed by atoms with Gasteiger partial charge < -0.3 is 15.0 Å². The highest BCUT2D eigenvalue weighted by Crippen LogP contribution is 2.16. The highest BCUT2D eigenvalue weighted by atomic mass is 16.5. The van der Waals surface area contributed by atoms with Crippen molar-refractivity contribution in [2.24, 2.45) is 0 Å². The highest BCUT2D eigenvalue weighted by molar-refractivity contribution is 5.78. The number of hydrogen-bond donors (Lipinski definition) is 1. The Bertz CT molecular complexity index is 674. The van der Waals surface area contributed by atoms with Crippen LogP contribution in [-0.4, -0.2) is 52.4 Å². The van der Waals surface area contributed by atoms with Gasteiger partial charge >= 0.3 is 0 Å². The first-order valence-corrected chi connectivity index (χ1v) is 8.79. The minimum absolute atomic E-state index is 0.0972. The van der Waals surface area contributed by atoms with E-state index in [2.05, 4.69) is 29.5 Å². The van der Waals surface area contributed by atoms with E-state index in [0.717, 1.165) is 11.3 Å². The van der Waals surface area contributed by atoms with Gasteiger partial charge in [-0.25, -0.2) is 4.68 Å². The molecule has 1 fully saturated rings. The number of nitrogens with one attached hydrogen (secondary N) is 1. The fourth-order valence-electron chi connectivity index (χ4n) is 3.19. The van der Waals surface area contributed by atoms with Gasteiger partial charge in [0, 0.05) is 31.5 Å². The van der Waals surface area contributed by atoms with Gasteiger partial charge in [0.25, 0.3) is 0 Å². The predicted octanol–water partition coefficient (Wildman–Crippen LogP) is 2.16. The van der Waals surface area contributed by atoms with E-state index in [9.17, 15) is 4.79 Å². The molecule has 25 heavy (non-hydrogen) atoms. The van der Waals surface area contributed by atoms with Crippen LogP contribution in [0, 0.1) is 0 Å². The zero-order valence-corrected chi connectivity index (χ0v) is 15.1. The van der Waals surface area contributed by atoms with Crippen LogP contribution in [0.4, 0.5) is 0 Å². The molecular weight excluding hydrogens is 316 g/mol. The molecule has 1 amide bonds. The van der Waals surface area contributed by atoms with E-state index in [4.69, 9.17) is 4.74 Å². The van der Waals surface area contributed by atoms with Crippen molar-refractivity contribution in [2.45, 2.75) is 39.0 Å². The number of amides is 1. The smallest absolute Gasteiger partial charge is 0.236 e. The van der Waals surface area contributed by atoms with Crippen molar-refractivity contribution in [3.05, 3.63) is 48.3 Å². The van der Waals surface area contributed by atoms with Crippen LogP contribution in [0.1, 0.15) is 32.4 Å². The van der Waals surface area contributed by atoms with E-state index < -0.39 is 0 Å². The Morgan fingerprint density at radius 1 is 1.28 bits per heavy atom. The summed E-state index contributed by atoms with van der Waals surface area (Å²) in [6.07, 6.45) is 3.87.